The van der Waals surface area contributed by atoms with Gasteiger partial charge in [0, 0.05) is 24.1 Å². The predicted molar refractivity (Wildman–Crippen MR) is 63.2 cm³/mol. The fourth-order valence-corrected chi connectivity index (χ4v) is 2.29. The molecule has 1 N–H and O–H groups in total. The Labute approximate surface area is 99.5 Å². The molecule has 1 atom stereocenters. The van der Waals surface area contributed by atoms with Gasteiger partial charge in [-0.25, -0.2) is 0 Å². The number of nitrogens with one attached hydrogen (secondary N) is 1. The van der Waals surface area contributed by atoms with Crippen LogP contribution in [0, 0.1) is 0 Å². The Morgan fingerprint density at radius 3 is 2.67 bits per heavy atom. The molecule has 0 aliphatic carbocycles. The lowest BCUT2D eigenvalue weighted by Crippen LogP contribution is -2.08. The highest BCUT2D eigenvalue weighted by atomic mass is 35.5. The second-order valence-electron chi connectivity index (χ2n) is 3.70. The third-order valence-electron chi connectivity index (χ3n) is 2.77. The fraction of sp³-hybridized carbons (Fsp3) is 0.455. The summed E-state index contributed by atoms with van der Waals surface area (Å²) in [5, 5.41) is 4.47. The molecule has 4 heteroatoms. The van der Waals surface area contributed by atoms with Crippen molar-refractivity contribution in [2.24, 2.45) is 0 Å². The van der Waals surface area contributed by atoms with E-state index in [0.717, 1.165) is 30.8 Å². The maximum atomic E-state index is 6.01. The van der Waals surface area contributed by atoms with Crippen LogP contribution < -0.4 is 10.1 Å². The molecule has 2 nitrogen and oxygen atoms in total. The van der Waals surface area contributed by atoms with Gasteiger partial charge < -0.3 is 10.1 Å². The normalized spacial score (nSPS) is 20.6. The number of halogens is 2. The summed E-state index contributed by atoms with van der Waals surface area (Å²) in [6.45, 7) is 2.03. The van der Waals surface area contributed by atoms with Crippen LogP contribution in [0.25, 0.3) is 0 Å². The molecule has 1 aromatic carbocycles. The van der Waals surface area contributed by atoms with Crippen molar-refractivity contribution in [1.29, 1.82) is 0 Å². The van der Waals surface area contributed by atoms with Gasteiger partial charge in [0.2, 0.25) is 0 Å². The van der Waals surface area contributed by atoms with E-state index in [4.69, 9.17) is 27.9 Å². The van der Waals surface area contributed by atoms with Gasteiger partial charge >= 0.3 is 0 Å². The number of methoxy groups -OCH3 is 1. The van der Waals surface area contributed by atoms with Crippen LogP contribution in [0.2, 0.25) is 10.0 Å². The van der Waals surface area contributed by atoms with Crippen molar-refractivity contribution in [3.05, 3.63) is 27.7 Å². The molecule has 1 heterocycles. The molecule has 0 radical (unpaired) electrons. The maximum Gasteiger partial charge on any atom is 0.123 e. The van der Waals surface area contributed by atoms with Gasteiger partial charge in [-0.1, -0.05) is 23.2 Å². The Morgan fingerprint density at radius 2 is 2.07 bits per heavy atom. The van der Waals surface area contributed by atoms with Crippen LogP contribution in [-0.2, 0) is 0 Å². The van der Waals surface area contributed by atoms with Crippen LogP contribution in [0.15, 0.2) is 12.1 Å². The van der Waals surface area contributed by atoms with Gasteiger partial charge in [-0.3, -0.25) is 0 Å². The molecule has 1 aliphatic heterocycles. The van der Waals surface area contributed by atoms with Gasteiger partial charge in [0.15, 0.2) is 0 Å². The maximum absolute atomic E-state index is 6.01. The molecule has 82 valence electrons. The SMILES string of the molecule is COc1cc(Cl)c(Cl)cc1C1CCNC1. The van der Waals surface area contributed by atoms with Crippen LogP contribution in [0.1, 0.15) is 17.9 Å². The fourth-order valence-electron chi connectivity index (χ4n) is 1.96. The molecule has 2 rings (SSSR count). The first kappa shape index (κ1) is 11.1. The van der Waals surface area contributed by atoms with Gasteiger partial charge in [-0.05, 0) is 19.0 Å². The van der Waals surface area contributed by atoms with E-state index in [0.29, 0.717) is 16.0 Å². The summed E-state index contributed by atoms with van der Waals surface area (Å²) in [7, 11) is 1.66. The smallest absolute Gasteiger partial charge is 0.123 e. The van der Waals surface area contributed by atoms with Crippen molar-refractivity contribution < 1.29 is 4.74 Å². The molecule has 1 aromatic rings. The second-order valence-corrected chi connectivity index (χ2v) is 4.51. The molecular formula is C11H13Cl2NO. The monoisotopic (exact) mass is 245 g/mol. The first-order valence-corrected chi connectivity index (χ1v) is 5.71. The van der Waals surface area contributed by atoms with E-state index in [2.05, 4.69) is 5.32 Å². The first-order chi connectivity index (χ1) is 7.22. The first-order valence-electron chi connectivity index (χ1n) is 4.96. The molecule has 0 spiro atoms. The van der Waals surface area contributed by atoms with Crippen LogP contribution in [0.4, 0.5) is 0 Å². The standard InChI is InChI=1S/C11H13Cl2NO/c1-15-11-5-10(13)9(12)4-8(11)7-2-3-14-6-7/h4-5,7,14H,2-3,6H2,1H3. The van der Waals surface area contributed by atoms with Crippen molar-refractivity contribution in [3.8, 4) is 5.75 Å². The average molecular weight is 246 g/mol. The van der Waals surface area contributed by atoms with E-state index in [1.807, 2.05) is 6.07 Å². The third kappa shape index (κ3) is 2.22. The average Bonchev–Trinajstić information content (AvgIpc) is 2.74. The van der Waals surface area contributed by atoms with Gasteiger partial charge in [0.05, 0.1) is 17.2 Å². The molecule has 1 saturated heterocycles. The number of benzene rings is 1. The van der Waals surface area contributed by atoms with Crippen molar-refractivity contribution in [2.75, 3.05) is 20.2 Å². The summed E-state index contributed by atoms with van der Waals surface area (Å²) >= 11 is 12.0. The minimum absolute atomic E-state index is 0.481. The summed E-state index contributed by atoms with van der Waals surface area (Å²) < 4.78 is 5.32. The van der Waals surface area contributed by atoms with Crippen LogP contribution in [0.5, 0.6) is 5.75 Å². The van der Waals surface area contributed by atoms with Gasteiger partial charge in [0.1, 0.15) is 5.75 Å². The third-order valence-corrected chi connectivity index (χ3v) is 3.49. The van der Waals surface area contributed by atoms with Gasteiger partial charge in [0.25, 0.3) is 0 Å². The van der Waals surface area contributed by atoms with E-state index in [9.17, 15) is 0 Å². The lowest BCUT2D eigenvalue weighted by atomic mass is 9.97. The Morgan fingerprint density at radius 1 is 1.33 bits per heavy atom. The number of ether oxygens (including phenoxy) is 1. The zero-order valence-corrected chi connectivity index (χ0v) is 10.0. The number of rotatable bonds is 2. The van der Waals surface area contributed by atoms with E-state index >= 15 is 0 Å². The summed E-state index contributed by atoms with van der Waals surface area (Å²) in [4.78, 5) is 0. The van der Waals surface area contributed by atoms with E-state index < -0.39 is 0 Å². The predicted octanol–water partition coefficient (Wildman–Crippen LogP) is 3.08. The van der Waals surface area contributed by atoms with Crippen LogP contribution in [0.3, 0.4) is 0 Å². The molecule has 1 aliphatic rings. The summed E-state index contributed by atoms with van der Waals surface area (Å²) in [6.07, 6.45) is 1.12. The van der Waals surface area contributed by atoms with Crippen LogP contribution in [-0.4, -0.2) is 20.2 Å². The highest BCUT2D eigenvalue weighted by Gasteiger charge is 2.21. The lowest BCUT2D eigenvalue weighted by molar-refractivity contribution is 0.406. The molecule has 0 bridgehead atoms. The molecule has 1 fully saturated rings. The summed E-state index contributed by atoms with van der Waals surface area (Å²) in [5.74, 6) is 1.31. The highest BCUT2D eigenvalue weighted by Crippen LogP contribution is 2.36. The Balaban J connectivity index is 2.39. The highest BCUT2D eigenvalue weighted by molar-refractivity contribution is 6.42. The van der Waals surface area contributed by atoms with Crippen molar-refractivity contribution in [3.63, 3.8) is 0 Å². The van der Waals surface area contributed by atoms with Crippen molar-refractivity contribution in [2.45, 2.75) is 12.3 Å². The minimum Gasteiger partial charge on any atom is -0.496 e. The van der Waals surface area contributed by atoms with Crippen molar-refractivity contribution in [1.82, 2.24) is 5.32 Å². The van der Waals surface area contributed by atoms with Crippen molar-refractivity contribution >= 4 is 23.2 Å². The molecule has 0 saturated carbocycles. The van der Waals surface area contributed by atoms with E-state index in [1.54, 1.807) is 13.2 Å². The molecule has 0 aromatic heterocycles. The van der Waals surface area contributed by atoms with Gasteiger partial charge in [-0.2, -0.15) is 0 Å². The van der Waals surface area contributed by atoms with Crippen LogP contribution >= 0.6 is 23.2 Å². The molecule has 15 heavy (non-hydrogen) atoms. The lowest BCUT2D eigenvalue weighted by Gasteiger charge is -2.14. The quantitative estimate of drug-likeness (QED) is 0.865. The Hall–Kier alpha value is -0.440. The topological polar surface area (TPSA) is 21.3 Å². The zero-order valence-electron chi connectivity index (χ0n) is 8.52. The van der Waals surface area contributed by atoms with Gasteiger partial charge in [-0.15, -0.1) is 0 Å². The van der Waals surface area contributed by atoms with E-state index in [-0.39, 0.29) is 0 Å². The minimum atomic E-state index is 0.481. The largest absolute Gasteiger partial charge is 0.496 e. The number of hydrogen-bond donors (Lipinski definition) is 1. The molecule has 0 amide bonds. The Bertz CT molecular complexity index is 362. The Kier molecular flexibility index (Phi) is 3.39. The molecular weight excluding hydrogens is 233 g/mol. The molecule has 1 unspecified atom stereocenters. The summed E-state index contributed by atoms with van der Waals surface area (Å²) in [6, 6.07) is 3.71. The zero-order chi connectivity index (χ0) is 10.8. The number of hydrogen-bond acceptors (Lipinski definition) is 2. The summed E-state index contributed by atoms with van der Waals surface area (Å²) in [5.41, 5.74) is 1.15. The van der Waals surface area contributed by atoms with E-state index in [1.165, 1.54) is 0 Å². The second kappa shape index (κ2) is 4.60.